The number of rotatable bonds is 2. The zero-order valence-corrected chi connectivity index (χ0v) is 14.7. The molecule has 1 saturated carbocycles. The van der Waals surface area contributed by atoms with Gasteiger partial charge in [-0.2, -0.15) is 0 Å². The molecule has 0 bridgehead atoms. The summed E-state index contributed by atoms with van der Waals surface area (Å²) in [5, 5.41) is 3.01. The van der Waals surface area contributed by atoms with Crippen molar-refractivity contribution in [2.45, 2.75) is 53.0 Å². The van der Waals surface area contributed by atoms with Crippen molar-refractivity contribution in [1.82, 2.24) is 5.32 Å². The van der Waals surface area contributed by atoms with Crippen LogP contribution in [0.25, 0.3) is 0 Å². The van der Waals surface area contributed by atoms with Gasteiger partial charge >= 0.3 is 0 Å². The Kier molecular flexibility index (Phi) is 4.48. The van der Waals surface area contributed by atoms with Crippen molar-refractivity contribution in [2.24, 2.45) is 10.8 Å². The van der Waals surface area contributed by atoms with Crippen LogP contribution in [0.1, 0.15) is 57.3 Å². The predicted molar refractivity (Wildman–Crippen MR) is 86.8 cm³/mol. The van der Waals surface area contributed by atoms with Crippen LogP contribution in [0.3, 0.4) is 0 Å². The fourth-order valence-corrected chi connectivity index (χ4v) is 4.26. The largest absolute Gasteiger partial charge is 0.349 e. The van der Waals surface area contributed by atoms with Gasteiger partial charge in [0.15, 0.2) is 0 Å². The van der Waals surface area contributed by atoms with Crippen molar-refractivity contribution >= 4 is 21.8 Å². The quantitative estimate of drug-likeness (QED) is 0.800. The molecule has 4 heteroatoms. The van der Waals surface area contributed by atoms with Gasteiger partial charge in [-0.15, -0.1) is 0 Å². The van der Waals surface area contributed by atoms with Gasteiger partial charge in [0, 0.05) is 6.04 Å². The van der Waals surface area contributed by atoms with Crippen LogP contribution in [-0.2, 0) is 0 Å². The van der Waals surface area contributed by atoms with E-state index in [1.54, 1.807) is 12.1 Å². The minimum atomic E-state index is -0.496. The molecule has 1 N–H and O–H groups in total. The zero-order valence-electron chi connectivity index (χ0n) is 13.1. The third-order valence-electron chi connectivity index (χ3n) is 4.09. The molecule has 1 amide bonds. The van der Waals surface area contributed by atoms with E-state index >= 15 is 0 Å². The van der Waals surface area contributed by atoms with Crippen LogP contribution >= 0.6 is 15.9 Å². The third kappa shape index (κ3) is 4.06. The van der Waals surface area contributed by atoms with E-state index in [1.165, 1.54) is 6.07 Å². The molecule has 0 unspecified atom stereocenters. The van der Waals surface area contributed by atoms with Crippen molar-refractivity contribution in [3.63, 3.8) is 0 Å². The lowest BCUT2D eigenvalue weighted by Crippen LogP contribution is -2.46. The Morgan fingerprint density at radius 2 is 1.81 bits per heavy atom. The second-order valence-corrected chi connectivity index (χ2v) is 8.54. The molecule has 2 rings (SSSR count). The average Bonchev–Trinajstić information content (AvgIpc) is 2.28. The Labute approximate surface area is 134 Å². The first kappa shape index (κ1) is 16.5. The number of hydrogen-bond acceptors (Lipinski definition) is 1. The van der Waals surface area contributed by atoms with Gasteiger partial charge in [-0.3, -0.25) is 4.79 Å². The molecule has 1 aromatic rings. The van der Waals surface area contributed by atoms with Crippen molar-refractivity contribution in [3.05, 3.63) is 34.1 Å². The monoisotopic (exact) mass is 355 g/mol. The number of amides is 1. The van der Waals surface area contributed by atoms with Crippen molar-refractivity contribution in [2.75, 3.05) is 0 Å². The highest BCUT2D eigenvalue weighted by molar-refractivity contribution is 9.10. The second kappa shape index (κ2) is 5.71. The standard InChI is InChI=1S/C17H23BrFNO/c1-16(2)8-11(9-17(3,4)10-16)20-15(21)12-6-5-7-13(18)14(12)19/h5-7,11H,8-10H2,1-4H3,(H,20,21). The minimum absolute atomic E-state index is 0.0923. The summed E-state index contributed by atoms with van der Waals surface area (Å²) in [6.07, 6.45) is 2.99. The maximum atomic E-state index is 14.0. The van der Waals surface area contributed by atoms with Crippen LogP contribution in [0, 0.1) is 16.6 Å². The van der Waals surface area contributed by atoms with E-state index in [1.807, 2.05) is 0 Å². The maximum Gasteiger partial charge on any atom is 0.254 e. The highest BCUT2D eigenvalue weighted by Crippen LogP contribution is 2.45. The molecule has 0 spiro atoms. The predicted octanol–water partition coefficient (Wildman–Crippen LogP) is 4.92. The van der Waals surface area contributed by atoms with Crippen LogP contribution in [0.4, 0.5) is 4.39 Å². The Morgan fingerprint density at radius 1 is 1.24 bits per heavy atom. The second-order valence-electron chi connectivity index (χ2n) is 7.69. The van der Waals surface area contributed by atoms with E-state index in [0.29, 0.717) is 4.47 Å². The fourth-order valence-electron chi connectivity index (χ4n) is 3.89. The Morgan fingerprint density at radius 3 is 2.38 bits per heavy atom. The summed E-state index contributed by atoms with van der Waals surface area (Å²) >= 11 is 3.12. The summed E-state index contributed by atoms with van der Waals surface area (Å²) < 4.78 is 14.3. The molecule has 21 heavy (non-hydrogen) atoms. The van der Waals surface area contributed by atoms with E-state index < -0.39 is 5.82 Å². The number of halogens is 2. The van der Waals surface area contributed by atoms with Gasteiger partial charge < -0.3 is 5.32 Å². The normalized spacial score (nSPS) is 21.0. The topological polar surface area (TPSA) is 29.1 Å². The van der Waals surface area contributed by atoms with E-state index in [0.717, 1.165) is 19.3 Å². The van der Waals surface area contributed by atoms with Crippen molar-refractivity contribution in [3.8, 4) is 0 Å². The molecular weight excluding hydrogens is 333 g/mol. The van der Waals surface area contributed by atoms with Crippen molar-refractivity contribution < 1.29 is 9.18 Å². The minimum Gasteiger partial charge on any atom is -0.349 e. The number of carbonyl (C=O) groups is 1. The lowest BCUT2D eigenvalue weighted by Gasteiger charge is -2.45. The van der Waals surface area contributed by atoms with Crippen molar-refractivity contribution in [1.29, 1.82) is 0 Å². The zero-order chi connectivity index (χ0) is 15.8. The summed E-state index contributed by atoms with van der Waals surface area (Å²) in [5.41, 5.74) is 0.482. The summed E-state index contributed by atoms with van der Waals surface area (Å²) in [6.45, 7) is 8.92. The first-order valence-corrected chi connectivity index (χ1v) is 8.14. The molecule has 0 radical (unpaired) electrons. The van der Waals surface area contributed by atoms with Crippen LogP contribution in [0.15, 0.2) is 22.7 Å². The van der Waals surface area contributed by atoms with Gasteiger partial charge in [0.1, 0.15) is 5.82 Å². The molecule has 0 atom stereocenters. The lowest BCUT2D eigenvalue weighted by atomic mass is 9.63. The molecule has 1 aliphatic rings. The van der Waals surface area contributed by atoms with Gasteiger partial charge in [-0.25, -0.2) is 4.39 Å². The SMILES string of the molecule is CC1(C)CC(NC(=O)c2cccc(Br)c2F)CC(C)(C)C1. The average molecular weight is 356 g/mol. The molecule has 0 heterocycles. The Hall–Kier alpha value is -0.900. The first-order valence-electron chi connectivity index (χ1n) is 7.35. The molecule has 2 nitrogen and oxygen atoms in total. The van der Waals surface area contributed by atoms with Crippen LogP contribution in [0.2, 0.25) is 0 Å². The first-order chi connectivity index (χ1) is 9.60. The molecule has 0 aliphatic heterocycles. The number of carbonyl (C=O) groups excluding carboxylic acids is 1. The highest BCUT2D eigenvalue weighted by Gasteiger charge is 2.39. The molecular formula is C17H23BrFNO. The van der Waals surface area contributed by atoms with Crippen LogP contribution in [-0.4, -0.2) is 11.9 Å². The summed E-state index contributed by atoms with van der Waals surface area (Å²) in [6, 6.07) is 4.89. The maximum absolute atomic E-state index is 14.0. The Balaban J connectivity index is 2.14. The summed E-state index contributed by atoms with van der Waals surface area (Å²) in [4.78, 5) is 12.3. The third-order valence-corrected chi connectivity index (χ3v) is 4.70. The lowest BCUT2D eigenvalue weighted by molar-refractivity contribution is 0.0711. The van der Waals surface area contributed by atoms with Crippen LogP contribution in [0.5, 0.6) is 0 Å². The highest BCUT2D eigenvalue weighted by atomic mass is 79.9. The van der Waals surface area contributed by atoms with E-state index in [4.69, 9.17) is 0 Å². The number of hydrogen-bond donors (Lipinski definition) is 1. The summed E-state index contributed by atoms with van der Waals surface area (Å²) in [5.74, 6) is -0.823. The molecule has 1 aromatic carbocycles. The smallest absolute Gasteiger partial charge is 0.254 e. The molecule has 0 saturated heterocycles. The number of nitrogens with one attached hydrogen (secondary N) is 1. The Bertz CT molecular complexity index is 538. The number of benzene rings is 1. The molecule has 0 aromatic heterocycles. The molecule has 1 fully saturated rings. The van der Waals surface area contributed by atoms with E-state index in [9.17, 15) is 9.18 Å². The van der Waals surface area contributed by atoms with E-state index in [2.05, 4.69) is 48.9 Å². The van der Waals surface area contributed by atoms with Crippen LogP contribution < -0.4 is 5.32 Å². The molecule has 1 aliphatic carbocycles. The van der Waals surface area contributed by atoms with E-state index in [-0.39, 0.29) is 28.3 Å². The van der Waals surface area contributed by atoms with Gasteiger partial charge in [0.2, 0.25) is 0 Å². The fraction of sp³-hybridized carbons (Fsp3) is 0.588. The van der Waals surface area contributed by atoms with Gasteiger partial charge in [-0.1, -0.05) is 33.8 Å². The van der Waals surface area contributed by atoms with Gasteiger partial charge in [0.25, 0.3) is 5.91 Å². The van der Waals surface area contributed by atoms with Gasteiger partial charge in [0.05, 0.1) is 10.0 Å². The molecule has 116 valence electrons. The van der Waals surface area contributed by atoms with Gasteiger partial charge in [-0.05, 0) is 58.2 Å². The summed E-state index contributed by atoms with van der Waals surface area (Å²) in [7, 11) is 0.